The van der Waals surface area contributed by atoms with Gasteiger partial charge in [-0.15, -0.1) is 0 Å². The number of benzene rings is 1. The zero-order valence-electron chi connectivity index (χ0n) is 10.7. The minimum absolute atomic E-state index is 0.199. The van der Waals surface area contributed by atoms with Crippen molar-refractivity contribution in [3.63, 3.8) is 0 Å². The lowest BCUT2D eigenvalue weighted by atomic mass is 9.96. The minimum atomic E-state index is -0.325. The van der Waals surface area contributed by atoms with Gasteiger partial charge in [0, 0.05) is 12.6 Å². The number of rotatable bonds is 3. The lowest BCUT2D eigenvalue weighted by Crippen LogP contribution is -2.29. The highest BCUT2D eigenvalue weighted by Gasteiger charge is 2.10. The molecule has 1 fully saturated rings. The van der Waals surface area contributed by atoms with E-state index in [0.717, 1.165) is 12.1 Å². The first-order chi connectivity index (χ1) is 8.75. The third kappa shape index (κ3) is 4.25. The standard InChI is InChI=1S/C15H21ClFN/c16-14-9-8-12(10-15(14)17)11-18-13-6-4-2-1-3-5-7-13/h8-10,13,18H,1-7,11H2. The molecule has 1 nitrogen and oxygen atoms in total. The van der Waals surface area contributed by atoms with Crippen molar-refractivity contribution in [2.24, 2.45) is 0 Å². The van der Waals surface area contributed by atoms with Gasteiger partial charge in [0.1, 0.15) is 5.82 Å². The summed E-state index contributed by atoms with van der Waals surface area (Å²) in [5.74, 6) is -0.325. The average Bonchev–Trinajstić information content (AvgIpc) is 2.32. The first-order valence-electron chi connectivity index (χ1n) is 6.93. The van der Waals surface area contributed by atoms with Crippen LogP contribution >= 0.6 is 11.6 Å². The number of hydrogen-bond acceptors (Lipinski definition) is 1. The van der Waals surface area contributed by atoms with Crippen molar-refractivity contribution in [2.75, 3.05) is 0 Å². The van der Waals surface area contributed by atoms with Crippen LogP contribution in [0.4, 0.5) is 4.39 Å². The van der Waals surface area contributed by atoms with Crippen LogP contribution < -0.4 is 5.32 Å². The summed E-state index contributed by atoms with van der Waals surface area (Å²) < 4.78 is 13.3. The maximum absolute atomic E-state index is 13.3. The van der Waals surface area contributed by atoms with Gasteiger partial charge in [0.25, 0.3) is 0 Å². The van der Waals surface area contributed by atoms with Crippen molar-refractivity contribution >= 4 is 11.6 Å². The highest BCUT2D eigenvalue weighted by molar-refractivity contribution is 6.30. The lowest BCUT2D eigenvalue weighted by molar-refractivity contribution is 0.389. The zero-order valence-corrected chi connectivity index (χ0v) is 11.5. The Morgan fingerprint density at radius 2 is 1.78 bits per heavy atom. The zero-order chi connectivity index (χ0) is 12.8. The van der Waals surface area contributed by atoms with Crippen molar-refractivity contribution in [3.8, 4) is 0 Å². The minimum Gasteiger partial charge on any atom is -0.310 e. The maximum atomic E-state index is 13.3. The second kappa shape index (κ2) is 7.10. The first kappa shape index (κ1) is 13.8. The summed E-state index contributed by atoms with van der Waals surface area (Å²) in [7, 11) is 0. The van der Waals surface area contributed by atoms with Gasteiger partial charge in [-0.05, 0) is 30.5 Å². The molecule has 1 saturated carbocycles. The van der Waals surface area contributed by atoms with E-state index in [-0.39, 0.29) is 10.8 Å². The van der Waals surface area contributed by atoms with E-state index in [1.807, 2.05) is 6.07 Å². The van der Waals surface area contributed by atoms with E-state index < -0.39 is 0 Å². The number of hydrogen-bond donors (Lipinski definition) is 1. The predicted octanol–water partition coefficient (Wildman–Crippen LogP) is 4.68. The summed E-state index contributed by atoms with van der Waals surface area (Å²) in [4.78, 5) is 0. The Balaban J connectivity index is 1.83. The quantitative estimate of drug-likeness (QED) is 0.840. The van der Waals surface area contributed by atoms with Gasteiger partial charge in [0.2, 0.25) is 0 Å². The highest BCUT2D eigenvalue weighted by Crippen LogP contribution is 2.19. The third-order valence-corrected chi connectivity index (χ3v) is 3.99. The molecule has 0 radical (unpaired) electrons. The summed E-state index contributed by atoms with van der Waals surface area (Å²) in [6.45, 7) is 0.735. The van der Waals surface area contributed by atoms with Gasteiger partial charge in [-0.1, -0.05) is 49.8 Å². The van der Waals surface area contributed by atoms with Gasteiger partial charge in [0.15, 0.2) is 0 Å². The summed E-state index contributed by atoms with van der Waals surface area (Å²) in [6.07, 6.45) is 9.21. The van der Waals surface area contributed by atoms with Crippen LogP contribution in [0.2, 0.25) is 5.02 Å². The second-order valence-corrected chi connectivity index (χ2v) is 5.58. The first-order valence-corrected chi connectivity index (χ1v) is 7.31. The largest absolute Gasteiger partial charge is 0.310 e. The predicted molar refractivity (Wildman–Crippen MR) is 74.4 cm³/mol. The molecular formula is C15H21ClFN. The molecule has 0 saturated heterocycles. The van der Waals surface area contributed by atoms with Gasteiger partial charge >= 0.3 is 0 Å². The molecule has 1 aliphatic rings. The fourth-order valence-electron chi connectivity index (χ4n) is 2.57. The molecular weight excluding hydrogens is 249 g/mol. The molecule has 1 aromatic rings. The van der Waals surface area contributed by atoms with Crippen molar-refractivity contribution in [2.45, 2.75) is 57.5 Å². The van der Waals surface area contributed by atoms with Gasteiger partial charge in [-0.25, -0.2) is 4.39 Å². The molecule has 1 N–H and O–H groups in total. The summed E-state index contributed by atoms with van der Waals surface area (Å²) >= 11 is 5.67. The monoisotopic (exact) mass is 269 g/mol. The van der Waals surface area contributed by atoms with Crippen molar-refractivity contribution in [1.29, 1.82) is 0 Å². The molecule has 0 spiro atoms. The Labute approximate surface area is 114 Å². The average molecular weight is 270 g/mol. The van der Waals surface area contributed by atoms with E-state index in [2.05, 4.69) is 5.32 Å². The molecule has 1 aromatic carbocycles. The van der Waals surface area contributed by atoms with Crippen molar-refractivity contribution < 1.29 is 4.39 Å². The van der Waals surface area contributed by atoms with E-state index in [9.17, 15) is 4.39 Å². The number of halogens is 2. The normalized spacial score (nSPS) is 18.3. The fraction of sp³-hybridized carbons (Fsp3) is 0.600. The Morgan fingerprint density at radius 3 is 2.44 bits per heavy atom. The van der Waals surface area contributed by atoms with Crippen molar-refractivity contribution in [3.05, 3.63) is 34.6 Å². The molecule has 0 heterocycles. The molecule has 3 heteroatoms. The fourth-order valence-corrected chi connectivity index (χ4v) is 2.69. The molecule has 18 heavy (non-hydrogen) atoms. The van der Waals surface area contributed by atoms with Crippen LogP contribution in [-0.2, 0) is 6.54 Å². The topological polar surface area (TPSA) is 12.0 Å². The van der Waals surface area contributed by atoms with Crippen LogP contribution in [0.25, 0.3) is 0 Å². The van der Waals surface area contributed by atoms with Crippen LogP contribution in [0.5, 0.6) is 0 Å². The van der Waals surface area contributed by atoms with Gasteiger partial charge in [-0.3, -0.25) is 0 Å². The van der Waals surface area contributed by atoms with E-state index in [1.54, 1.807) is 6.07 Å². The lowest BCUT2D eigenvalue weighted by Gasteiger charge is -2.21. The van der Waals surface area contributed by atoms with Crippen LogP contribution in [0.1, 0.15) is 50.5 Å². The van der Waals surface area contributed by atoms with E-state index >= 15 is 0 Å². The molecule has 0 aromatic heterocycles. The van der Waals surface area contributed by atoms with E-state index in [4.69, 9.17) is 11.6 Å². The van der Waals surface area contributed by atoms with E-state index in [0.29, 0.717) is 6.04 Å². The molecule has 0 aliphatic heterocycles. The second-order valence-electron chi connectivity index (χ2n) is 5.17. The highest BCUT2D eigenvalue weighted by atomic mass is 35.5. The smallest absolute Gasteiger partial charge is 0.142 e. The van der Waals surface area contributed by atoms with Gasteiger partial charge in [0.05, 0.1) is 5.02 Å². The molecule has 1 aliphatic carbocycles. The number of nitrogens with one attached hydrogen (secondary N) is 1. The Morgan fingerprint density at radius 1 is 1.11 bits per heavy atom. The molecule has 0 bridgehead atoms. The SMILES string of the molecule is Fc1cc(CNC2CCCCCCC2)ccc1Cl. The third-order valence-electron chi connectivity index (χ3n) is 3.68. The van der Waals surface area contributed by atoms with Crippen molar-refractivity contribution in [1.82, 2.24) is 5.32 Å². The Hall–Kier alpha value is -0.600. The van der Waals surface area contributed by atoms with Gasteiger partial charge < -0.3 is 5.32 Å². The molecule has 0 atom stereocenters. The van der Waals surface area contributed by atoms with E-state index in [1.165, 1.54) is 51.0 Å². The van der Waals surface area contributed by atoms with Crippen LogP contribution in [0.15, 0.2) is 18.2 Å². The summed E-state index contributed by atoms with van der Waals surface area (Å²) in [5, 5.41) is 3.74. The maximum Gasteiger partial charge on any atom is 0.142 e. The van der Waals surface area contributed by atoms with Crippen LogP contribution in [0.3, 0.4) is 0 Å². The van der Waals surface area contributed by atoms with Gasteiger partial charge in [-0.2, -0.15) is 0 Å². The molecule has 2 rings (SSSR count). The van der Waals surface area contributed by atoms with Crippen LogP contribution in [0, 0.1) is 5.82 Å². The molecule has 0 amide bonds. The van der Waals surface area contributed by atoms with Crippen LogP contribution in [-0.4, -0.2) is 6.04 Å². The summed E-state index contributed by atoms with van der Waals surface area (Å²) in [5.41, 5.74) is 0.971. The molecule has 0 unspecified atom stereocenters. The molecule has 100 valence electrons. The summed E-state index contributed by atoms with van der Waals surface area (Å²) in [6, 6.07) is 5.63. The Bertz CT molecular complexity index is 373. The Kier molecular flexibility index (Phi) is 5.45.